The molecule has 1 aliphatic heterocycles. The largest absolute Gasteiger partial charge is 0.357 e. The summed E-state index contributed by atoms with van der Waals surface area (Å²) in [7, 11) is 0. The van der Waals surface area contributed by atoms with Crippen molar-refractivity contribution in [2.45, 2.75) is 51.5 Å². The van der Waals surface area contributed by atoms with Gasteiger partial charge in [-0.15, -0.1) is 0 Å². The predicted molar refractivity (Wildman–Crippen MR) is 77.2 cm³/mol. The fourth-order valence-electron chi connectivity index (χ4n) is 2.80. The van der Waals surface area contributed by atoms with Crippen molar-refractivity contribution >= 4 is 11.9 Å². The highest BCUT2D eigenvalue weighted by Gasteiger charge is 2.18. The van der Waals surface area contributed by atoms with Crippen LogP contribution in [0.2, 0.25) is 0 Å². The number of carbonyl (C=O) groups is 1. The van der Waals surface area contributed by atoms with E-state index >= 15 is 0 Å². The average molecular weight is 266 g/mol. The molecule has 2 fully saturated rings. The van der Waals surface area contributed by atoms with Gasteiger partial charge < -0.3 is 15.5 Å². The van der Waals surface area contributed by atoms with Crippen LogP contribution in [0, 0.1) is 0 Å². The number of hydrogen-bond donors (Lipinski definition) is 2. The zero-order chi connectivity index (χ0) is 13.5. The lowest BCUT2D eigenvalue weighted by molar-refractivity contribution is -0.128. The molecule has 1 aliphatic carbocycles. The summed E-state index contributed by atoms with van der Waals surface area (Å²) in [5.74, 6) is 0.947. The molecular formula is C14H26N4O. The summed E-state index contributed by atoms with van der Waals surface area (Å²) >= 11 is 0. The second-order valence-electron chi connectivity index (χ2n) is 5.41. The van der Waals surface area contributed by atoms with E-state index in [1.54, 1.807) is 0 Å². The molecule has 108 valence electrons. The summed E-state index contributed by atoms with van der Waals surface area (Å²) < 4.78 is 0. The van der Waals surface area contributed by atoms with Crippen molar-refractivity contribution in [3.8, 4) is 0 Å². The molecule has 0 spiro atoms. The number of guanidine groups is 1. The van der Waals surface area contributed by atoms with Crippen LogP contribution in [0.25, 0.3) is 0 Å². The standard InChI is InChI=1S/C14H26N4O/c1-2-15-14(17-12-7-3-4-8-12)16-11-13(19)18-9-5-6-10-18/h12H,2-11H2,1H3,(H2,15,16,17). The van der Waals surface area contributed by atoms with E-state index in [9.17, 15) is 4.79 Å². The van der Waals surface area contributed by atoms with Crippen LogP contribution >= 0.6 is 0 Å². The minimum atomic E-state index is 0.154. The third kappa shape index (κ3) is 4.40. The number of aliphatic imine (C=N–C) groups is 1. The molecule has 2 rings (SSSR count). The van der Waals surface area contributed by atoms with Crippen LogP contribution < -0.4 is 10.6 Å². The van der Waals surface area contributed by atoms with Gasteiger partial charge in [-0.2, -0.15) is 0 Å². The third-order valence-corrected chi connectivity index (χ3v) is 3.87. The van der Waals surface area contributed by atoms with E-state index < -0.39 is 0 Å². The summed E-state index contributed by atoms with van der Waals surface area (Å²) in [5, 5.41) is 6.65. The van der Waals surface area contributed by atoms with Gasteiger partial charge in [0.2, 0.25) is 5.91 Å². The number of carbonyl (C=O) groups excluding carboxylic acids is 1. The minimum absolute atomic E-state index is 0.154. The number of amides is 1. The lowest BCUT2D eigenvalue weighted by Crippen LogP contribution is -2.43. The van der Waals surface area contributed by atoms with E-state index in [1.165, 1.54) is 25.7 Å². The van der Waals surface area contributed by atoms with Crippen LogP contribution in [0.5, 0.6) is 0 Å². The fraction of sp³-hybridized carbons (Fsp3) is 0.857. The van der Waals surface area contributed by atoms with Gasteiger partial charge in [0.15, 0.2) is 5.96 Å². The summed E-state index contributed by atoms with van der Waals surface area (Å²) in [4.78, 5) is 18.3. The molecule has 0 radical (unpaired) electrons. The first kappa shape index (κ1) is 14.2. The van der Waals surface area contributed by atoms with Crippen molar-refractivity contribution in [1.82, 2.24) is 15.5 Å². The van der Waals surface area contributed by atoms with Crippen LogP contribution in [0.15, 0.2) is 4.99 Å². The Morgan fingerprint density at radius 1 is 1.21 bits per heavy atom. The zero-order valence-electron chi connectivity index (χ0n) is 12.0. The summed E-state index contributed by atoms with van der Waals surface area (Å²) in [6.45, 7) is 4.95. The van der Waals surface area contributed by atoms with Crippen LogP contribution in [0.4, 0.5) is 0 Å². The zero-order valence-corrected chi connectivity index (χ0v) is 12.0. The summed E-state index contributed by atoms with van der Waals surface area (Å²) in [5.41, 5.74) is 0. The molecule has 0 aromatic rings. The van der Waals surface area contributed by atoms with Gasteiger partial charge in [0.25, 0.3) is 0 Å². The van der Waals surface area contributed by atoms with Gasteiger partial charge in [0.1, 0.15) is 6.54 Å². The summed E-state index contributed by atoms with van der Waals surface area (Å²) in [6, 6.07) is 0.527. The monoisotopic (exact) mass is 266 g/mol. The first-order chi connectivity index (χ1) is 9.29. The van der Waals surface area contributed by atoms with Gasteiger partial charge in [-0.05, 0) is 32.6 Å². The molecule has 0 bridgehead atoms. The number of nitrogens with zero attached hydrogens (tertiary/aromatic N) is 2. The third-order valence-electron chi connectivity index (χ3n) is 3.87. The smallest absolute Gasteiger partial charge is 0.244 e. The molecule has 2 aliphatic rings. The Morgan fingerprint density at radius 2 is 1.89 bits per heavy atom. The van der Waals surface area contributed by atoms with E-state index in [0.29, 0.717) is 6.04 Å². The lowest BCUT2D eigenvalue weighted by atomic mass is 10.2. The molecule has 1 saturated carbocycles. The molecule has 0 unspecified atom stereocenters. The maximum absolute atomic E-state index is 12.0. The van der Waals surface area contributed by atoms with Gasteiger partial charge in [-0.1, -0.05) is 12.8 Å². The Hall–Kier alpha value is -1.26. The number of rotatable bonds is 4. The van der Waals surface area contributed by atoms with E-state index in [2.05, 4.69) is 15.6 Å². The Balaban J connectivity index is 1.82. The number of likely N-dealkylation sites (tertiary alicyclic amines) is 1. The van der Waals surface area contributed by atoms with Crippen molar-refractivity contribution in [3.05, 3.63) is 0 Å². The minimum Gasteiger partial charge on any atom is -0.357 e. The summed E-state index contributed by atoms with van der Waals surface area (Å²) in [6.07, 6.45) is 7.29. The molecule has 1 amide bonds. The van der Waals surface area contributed by atoms with E-state index in [0.717, 1.165) is 38.4 Å². The quantitative estimate of drug-likeness (QED) is 0.592. The Labute approximate surface area is 115 Å². The molecule has 5 heteroatoms. The second-order valence-corrected chi connectivity index (χ2v) is 5.41. The van der Waals surface area contributed by atoms with E-state index in [4.69, 9.17) is 0 Å². The molecule has 0 atom stereocenters. The van der Waals surface area contributed by atoms with Crippen LogP contribution in [-0.4, -0.2) is 49.0 Å². The first-order valence-corrected chi connectivity index (χ1v) is 7.62. The first-order valence-electron chi connectivity index (χ1n) is 7.62. The molecule has 1 heterocycles. The van der Waals surface area contributed by atoms with Crippen LogP contribution in [0.1, 0.15) is 45.4 Å². The van der Waals surface area contributed by atoms with E-state index in [-0.39, 0.29) is 12.5 Å². The van der Waals surface area contributed by atoms with Gasteiger partial charge in [-0.25, -0.2) is 4.99 Å². The Kier molecular flexibility index (Phi) is 5.48. The fourth-order valence-corrected chi connectivity index (χ4v) is 2.80. The van der Waals surface area contributed by atoms with Crippen molar-refractivity contribution in [3.63, 3.8) is 0 Å². The molecule has 0 aromatic heterocycles. The number of hydrogen-bond acceptors (Lipinski definition) is 2. The highest BCUT2D eigenvalue weighted by molar-refractivity contribution is 5.85. The van der Waals surface area contributed by atoms with Crippen LogP contribution in [0.3, 0.4) is 0 Å². The van der Waals surface area contributed by atoms with Crippen LogP contribution in [-0.2, 0) is 4.79 Å². The van der Waals surface area contributed by atoms with Crippen molar-refractivity contribution < 1.29 is 4.79 Å². The molecule has 19 heavy (non-hydrogen) atoms. The SMILES string of the molecule is CCNC(=NCC(=O)N1CCCC1)NC1CCCC1. The Bertz CT molecular complexity index is 317. The van der Waals surface area contributed by atoms with Crippen molar-refractivity contribution in [2.75, 3.05) is 26.2 Å². The highest BCUT2D eigenvalue weighted by Crippen LogP contribution is 2.17. The topological polar surface area (TPSA) is 56.7 Å². The maximum Gasteiger partial charge on any atom is 0.244 e. The van der Waals surface area contributed by atoms with Crippen molar-refractivity contribution in [1.29, 1.82) is 0 Å². The van der Waals surface area contributed by atoms with Gasteiger partial charge >= 0.3 is 0 Å². The molecule has 0 aromatic carbocycles. The maximum atomic E-state index is 12.0. The normalized spacial score (nSPS) is 20.9. The van der Waals surface area contributed by atoms with Gasteiger partial charge in [0.05, 0.1) is 0 Å². The lowest BCUT2D eigenvalue weighted by Gasteiger charge is -2.18. The average Bonchev–Trinajstić information content (AvgIpc) is 3.08. The molecular weight excluding hydrogens is 240 g/mol. The molecule has 5 nitrogen and oxygen atoms in total. The number of nitrogens with one attached hydrogen (secondary N) is 2. The van der Waals surface area contributed by atoms with Gasteiger partial charge in [-0.3, -0.25) is 4.79 Å². The molecule has 1 saturated heterocycles. The van der Waals surface area contributed by atoms with E-state index in [1.807, 2.05) is 11.8 Å². The Morgan fingerprint density at radius 3 is 2.53 bits per heavy atom. The predicted octanol–water partition coefficient (Wildman–Crippen LogP) is 1.11. The van der Waals surface area contributed by atoms with Gasteiger partial charge in [0, 0.05) is 25.7 Å². The second kappa shape index (κ2) is 7.36. The van der Waals surface area contributed by atoms with Crippen molar-refractivity contribution in [2.24, 2.45) is 4.99 Å². The highest BCUT2D eigenvalue weighted by atomic mass is 16.2. The molecule has 2 N–H and O–H groups in total.